The Hall–Kier alpha value is -2.28. The van der Waals surface area contributed by atoms with Gasteiger partial charge in [0.1, 0.15) is 17.3 Å². The van der Waals surface area contributed by atoms with E-state index in [1.807, 2.05) is 18.7 Å². The standard InChI is InChI=1S/C21H28FN5O/c1-14(2)20-24-19(25-27(20)18-6-4-3-5-17(18)22)21(28)26-11-9-16(10-12-26)23-13-15-7-8-15/h3-6,14-16,23H,7-13H2,1-2H3. The molecule has 150 valence electrons. The van der Waals surface area contributed by atoms with Gasteiger partial charge in [-0.05, 0) is 50.3 Å². The molecule has 1 N–H and O–H groups in total. The molecule has 0 atom stereocenters. The van der Waals surface area contributed by atoms with Gasteiger partial charge in [0.2, 0.25) is 5.82 Å². The fraction of sp³-hybridized carbons (Fsp3) is 0.571. The predicted molar refractivity (Wildman–Crippen MR) is 105 cm³/mol. The lowest BCUT2D eigenvalue weighted by atomic mass is 10.0. The Morgan fingerprint density at radius 3 is 2.57 bits per heavy atom. The number of rotatable bonds is 6. The first-order chi connectivity index (χ1) is 13.5. The number of likely N-dealkylation sites (tertiary alicyclic amines) is 1. The highest BCUT2D eigenvalue weighted by molar-refractivity contribution is 5.90. The second-order valence-corrected chi connectivity index (χ2v) is 8.23. The zero-order valence-electron chi connectivity index (χ0n) is 16.6. The van der Waals surface area contributed by atoms with Crippen LogP contribution in [0.1, 0.15) is 61.9 Å². The van der Waals surface area contributed by atoms with Gasteiger partial charge in [0.05, 0.1) is 0 Å². The molecule has 7 heteroatoms. The molecule has 1 aliphatic carbocycles. The molecule has 0 bridgehead atoms. The van der Waals surface area contributed by atoms with Gasteiger partial charge in [-0.1, -0.05) is 26.0 Å². The molecule has 1 saturated heterocycles. The van der Waals surface area contributed by atoms with Gasteiger partial charge in [0, 0.05) is 25.0 Å². The van der Waals surface area contributed by atoms with E-state index in [1.165, 1.54) is 23.6 Å². The number of piperidine rings is 1. The zero-order valence-corrected chi connectivity index (χ0v) is 16.6. The minimum absolute atomic E-state index is 0.0195. The van der Waals surface area contributed by atoms with Crippen molar-refractivity contribution in [1.82, 2.24) is 25.0 Å². The first kappa shape index (κ1) is 19.1. The van der Waals surface area contributed by atoms with Crippen LogP contribution in [-0.2, 0) is 0 Å². The number of amides is 1. The van der Waals surface area contributed by atoms with Crippen LogP contribution < -0.4 is 5.32 Å². The van der Waals surface area contributed by atoms with Crippen molar-refractivity contribution in [3.05, 3.63) is 41.7 Å². The third-order valence-electron chi connectivity index (χ3n) is 5.59. The van der Waals surface area contributed by atoms with E-state index in [0.29, 0.717) is 30.6 Å². The molecule has 0 spiro atoms. The van der Waals surface area contributed by atoms with Gasteiger partial charge in [-0.3, -0.25) is 4.79 Å². The summed E-state index contributed by atoms with van der Waals surface area (Å²) in [7, 11) is 0. The molecular formula is C21H28FN5O. The molecule has 6 nitrogen and oxygen atoms in total. The number of carbonyl (C=O) groups is 1. The third kappa shape index (κ3) is 4.09. The highest BCUT2D eigenvalue weighted by Gasteiger charge is 2.29. The summed E-state index contributed by atoms with van der Waals surface area (Å²) in [4.78, 5) is 19.2. The minimum atomic E-state index is -0.379. The molecule has 1 amide bonds. The fourth-order valence-corrected chi connectivity index (χ4v) is 3.67. The topological polar surface area (TPSA) is 63.1 Å². The summed E-state index contributed by atoms with van der Waals surface area (Å²) in [6.45, 7) is 6.43. The van der Waals surface area contributed by atoms with Crippen molar-refractivity contribution in [2.75, 3.05) is 19.6 Å². The Balaban J connectivity index is 1.47. The molecule has 1 saturated carbocycles. The van der Waals surface area contributed by atoms with E-state index in [9.17, 15) is 9.18 Å². The quantitative estimate of drug-likeness (QED) is 0.830. The summed E-state index contributed by atoms with van der Waals surface area (Å²) in [5, 5.41) is 8.01. The lowest BCUT2D eigenvalue weighted by molar-refractivity contribution is 0.0692. The summed E-state index contributed by atoms with van der Waals surface area (Å²) >= 11 is 0. The van der Waals surface area contributed by atoms with Crippen molar-refractivity contribution in [2.24, 2.45) is 5.92 Å². The van der Waals surface area contributed by atoms with Crippen molar-refractivity contribution in [3.8, 4) is 5.69 Å². The Labute approximate surface area is 165 Å². The number of benzene rings is 1. The first-order valence-corrected chi connectivity index (χ1v) is 10.3. The van der Waals surface area contributed by atoms with Gasteiger partial charge >= 0.3 is 0 Å². The lowest BCUT2D eigenvalue weighted by Crippen LogP contribution is -2.45. The molecule has 4 rings (SSSR count). The third-order valence-corrected chi connectivity index (χ3v) is 5.59. The Kier molecular flexibility index (Phi) is 5.44. The maximum atomic E-state index is 14.3. The Morgan fingerprint density at radius 1 is 1.21 bits per heavy atom. The predicted octanol–water partition coefficient (Wildman–Crippen LogP) is 3.13. The summed E-state index contributed by atoms with van der Waals surface area (Å²) < 4.78 is 15.7. The highest BCUT2D eigenvalue weighted by Crippen LogP contribution is 2.28. The summed E-state index contributed by atoms with van der Waals surface area (Å²) in [6.07, 6.45) is 4.59. The van der Waals surface area contributed by atoms with Gasteiger partial charge in [-0.2, -0.15) is 0 Å². The normalized spacial score (nSPS) is 18.1. The van der Waals surface area contributed by atoms with Crippen LogP contribution in [-0.4, -0.2) is 51.2 Å². The number of nitrogens with zero attached hydrogens (tertiary/aromatic N) is 4. The molecule has 2 heterocycles. The maximum Gasteiger partial charge on any atom is 0.293 e. The van der Waals surface area contributed by atoms with Gasteiger partial charge in [0.25, 0.3) is 5.91 Å². The SMILES string of the molecule is CC(C)c1nc(C(=O)N2CCC(NCC3CC3)CC2)nn1-c1ccccc1F. The van der Waals surface area contributed by atoms with Crippen molar-refractivity contribution in [3.63, 3.8) is 0 Å². The Bertz CT molecular complexity index is 837. The van der Waals surface area contributed by atoms with E-state index in [4.69, 9.17) is 0 Å². The number of aromatic nitrogens is 3. The van der Waals surface area contributed by atoms with Crippen LogP contribution in [0, 0.1) is 11.7 Å². The van der Waals surface area contributed by atoms with Gasteiger partial charge in [-0.25, -0.2) is 14.1 Å². The zero-order chi connectivity index (χ0) is 19.7. The molecule has 1 aromatic heterocycles. The highest BCUT2D eigenvalue weighted by atomic mass is 19.1. The fourth-order valence-electron chi connectivity index (χ4n) is 3.67. The number of nitrogens with one attached hydrogen (secondary N) is 1. The molecule has 1 aromatic carbocycles. The number of carbonyl (C=O) groups excluding carboxylic acids is 1. The number of halogens is 1. The first-order valence-electron chi connectivity index (χ1n) is 10.3. The smallest absolute Gasteiger partial charge is 0.293 e. The molecule has 2 aliphatic rings. The van der Waals surface area contributed by atoms with E-state index in [2.05, 4.69) is 15.4 Å². The second kappa shape index (κ2) is 7.99. The molecule has 28 heavy (non-hydrogen) atoms. The van der Waals surface area contributed by atoms with Crippen molar-refractivity contribution in [1.29, 1.82) is 0 Å². The van der Waals surface area contributed by atoms with Gasteiger partial charge < -0.3 is 10.2 Å². The second-order valence-electron chi connectivity index (χ2n) is 8.23. The van der Waals surface area contributed by atoms with Crippen LogP contribution in [0.2, 0.25) is 0 Å². The van der Waals surface area contributed by atoms with Crippen LogP contribution in [0.15, 0.2) is 24.3 Å². The Morgan fingerprint density at radius 2 is 1.93 bits per heavy atom. The molecule has 2 fully saturated rings. The van der Waals surface area contributed by atoms with Crippen molar-refractivity contribution < 1.29 is 9.18 Å². The average Bonchev–Trinajstić information content (AvgIpc) is 3.42. The summed E-state index contributed by atoms with van der Waals surface area (Å²) in [5.74, 6) is 1.07. The largest absolute Gasteiger partial charge is 0.336 e. The molecule has 0 radical (unpaired) electrons. The monoisotopic (exact) mass is 385 g/mol. The number of hydrogen-bond acceptors (Lipinski definition) is 4. The molecule has 1 aliphatic heterocycles. The van der Waals surface area contributed by atoms with Crippen LogP contribution in [0.5, 0.6) is 0 Å². The van der Waals surface area contributed by atoms with Crippen LogP contribution in [0.4, 0.5) is 4.39 Å². The van der Waals surface area contributed by atoms with E-state index in [0.717, 1.165) is 25.3 Å². The maximum absolute atomic E-state index is 14.3. The number of para-hydroxylation sites is 1. The summed E-state index contributed by atoms with van der Waals surface area (Å²) in [6, 6.07) is 6.92. The van der Waals surface area contributed by atoms with E-state index < -0.39 is 0 Å². The van der Waals surface area contributed by atoms with Crippen LogP contribution in [0.25, 0.3) is 5.69 Å². The van der Waals surface area contributed by atoms with Crippen molar-refractivity contribution in [2.45, 2.75) is 51.5 Å². The van der Waals surface area contributed by atoms with E-state index >= 15 is 0 Å². The minimum Gasteiger partial charge on any atom is -0.336 e. The molecular weight excluding hydrogens is 357 g/mol. The number of hydrogen-bond donors (Lipinski definition) is 1. The van der Waals surface area contributed by atoms with E-state index in [-0.39, 0.29) is 23.5 Å². The van der Waals surface area contributed by atoms with Crippen LogP contribution >= 0.6 is 0 Å². The molecule has 2 aromatic rings. The van der Waals surface area contributed by atoms with Crippen LogP contribution in [0.3, 0.4) is 0 Å². The van der Waals surface area contributed by atoms with Gasteiger partial charge in [0.15, 0.2) is 0 Å². The van der Waals surface area contributed by atoms with Crippen molar-refractivity contribution >= 4 is 5.91 Å². The lowest BCUT2D eigenvalue weighted by Gasteiger charge is -2.31. The average molecular weight is 385 g/mol. The van der Waals surface area contributed by atoms with Gasteiger partial charge in [-0.15, -0.1) is 5.10 Å². The summed E-state index contributed by atoms with van der Waals surface area (Å²) in [5.41, 5.74) is 0.320. The van der Waals surface area contributed by atoms with E-state index in [1.54, 1.807) is 18.2 Å². The molecule has 0 unspecified atom stereocenters.